The van der Waals surface area contributed by atoms with Gasteiger partial charge < -0.3 is 0 Å². The van der Waals surface area contributed by atoms with E-state index in [1.54, 1.807) is 15.8 Å². The molecule has 0 saturated heterocycles. The van der Waals surface area contributed by atoms with Gasteiger partial charge in [0, 0.05) is 0 Å². The van der Waals surface area contributed by atoms with Gasteiger partial charge in [0.25, 0.3) is 14.1 Å². The third-order valence-electron chi connectivity index (χ3n) is 2.41. The summed E-state index contributed by atoms with van der Waals surface area (Å²) in [6, 6.07) is 0. The number of hydrogen-bond acceptors (Lipinski definition) is 0. The average Bonchev–Trinajstić information content (AvgIpc) is 1.80. The van der Waals surface area contributed by atoms with Crippen LogP contribution >= 0.6 is 0 Å². The molecule has 0 aliphatic carbocycles. The Kier molecular flexibility index (Phi) is 11.6. The molecule has 14 heavy (non-hydrogen) atoms. The molecule has 0 aromatic carbocycles. The molecule has 0 nitrogen and oxygen atoms in total. The number of hydrogen-bond donors (Lipinski definition) is 0. The van der Waals surface area contributed by atoms with Crippen LogP contribution in [0.15, 0.2) is 0 Å². The van der Waals surface area contributed by atoms with Crippen LogP contribution in [0.2, 0.25) is 15.8 Å². The van der Waals surface area contributed by atoms with Gasteiger partial charge >= 0.3 is 17.4 Å². The van der Waals surface area contributed by atoms with E-state index in [1.165, 1.54) is 0 Å². The number of rotatable bonds is 6. The fourth-order valence-corrected chi connectivity index (χ4v) is 6.87. The zero-order valence-corrected chi connectivity index (χ0v) is 13.3. The van der Waals surface area contributed by atoms with Crippen LogP contribution in [-0.4, -0.2) is 31.5 Å². The van der Waals surface area contributed by atoms with Crippen LogP contribution in [0.25, 0.3) is 0 Å². The Labute approximate surface area is 106 Å². The Balaban J connectivity index is 0. The van der Waals surface area contributed by atoms with E-state index in [4.69, 9.17) is 0 Å². The van der Waals surface area contributed by atoms with E-state index in [1.807, 2.05) is 0 Å². The van der Waals surface area contributed by atoms with Crippen LogP contribution in [0.1, 0.15) is 41.5 Å². The molecule has 0 fully saturated rings. The molecular weight excluding hydrogens is 198 g/mol. The van der Waals surface area contributed by atoms with Crippen molar-refractivity contribution in [3.05, 3.63) is 0 Å². The molecule has 0 aliphatic rings. The SMILES string of the molecule is CC(C)[CH2][Al]([CH2]C(C)C)[CH2]C(C)C.[Al+3]. The molecule has 0 N–H and O–H groups in total. The van der Waals surface area contributed by atoms with Crippen LogP contribution < -0.4 is 0 Å². The Morgan fingerprint density at radius 3 is 1.00 bits per heavy atom. The molecule has 0 radical (unpaired) electrons. The zero-order chi connectivity index (χ0) is 10.4. The second-order valence-corrected chi connectivity index (χ2v) is 8.90. The molecule has 0 unspecified atom stereocenters. The van der Waals surface area contributed by atoms with E-state index in [9.17, 15) is 0 Å². The van der Waals surface area contributed by atoms with Gasteiger partial charge in [-0.05, 0) is 0 Å². The first kappa shape index (κ1) is 17.5. The topological polar surface area (TPSA) is 0 Å². The van der Waals surface area contributed by atoms with Crippen LogP contribution in [-0.2, 0) is 0 Å². The third-order valence-corrected chi connectivity index (χ3v) is 7.24. The summed E-state index contributed by atoms with van der Waals surface area (Å²) >= 11 is -0.407. The van der Waals surface area contributed by atoms with Gasteiger partial charge in [-0.25, -0.2) is 0 Å². The first-order valence-corrected chi connectivity index (χ1v) is 8.36. The smallest absolute Gasteiger partial charge is 0.0915 e. The second kappa shape index (κ2) is 9.30. The Hall–Kier alpha value is 1.06. The molecule has 0 saturated carbocycles. The van der Waals surface area contributed by atoms with Gasteiger partial charge in [0.05, 0.1) is 0 Å². The van der Waals surface area contributed by atoms with Gasteiger partial charge in [-0.1, -0.05) is 75.1 Å². The van der Waals surface area contributed by atoms with E-state index < -0.39 is 14.1 Å². The summed E-state index contributed by atoms with van der Waals surface area (Å²) in [6.45, 7) is 14.3. The Morgan fingerprint density at radius 1 is 0.643 bits per heavy atom. The van der Waals surface area contributed by atoms with Gasteiger partial charge in [0.15, 0.2) is 0 Å². The Morgan fingerprint density at radius 2 is 0.857 bits per heavy atom. The molecule has 0 atom stereocenters. The summed E-state index contributed by atoms with van der Waals surface area (Å²) in [5.41, 5.74) is 0. The van der Waals surface area contributed by atoms with E-state index >= 15 is 0 Å². The van der Waals surface area contributed by atoms with Crippen molar-refractivity contribution in [2.45, 2.75) is 57.4 Å². The van der Waals surface area contributed by atoms with Gasteiger partial charge in [-0.2, -0.15) is 0 Å². The zero-order valence-electron chi connectivity index (χ0n) is 11.0. The van der Waals surface area contributed by atoms with E-state index in [-0.39, 0.29) is 17.4 Å². The minimum absolute atomic E-state index is 0. The minimum atomic E-state index is -0.407. The summed E-state index contributed by atoms with van der Waals surface area (Å²) in [6.07, 6.45) is 0. The van der Waals surface area contributed by atoms with Crippen LogP contribution in [0.4, 0.5) is 0 Å². The first-order valence-electron chi connectivity index (χ1n) is 5.91. The van der Waals surface area contributed by atoms with Crippen molar-refractivity contribution < 1.29 is 0 Å². The molecule has 0 amide bonds. The first-order chi connectivity index (χ1) is 5.91. The van der Waals surface area contributed by atoms with Crippen molar-refractivity contribution in [3.8, 4) is 0 Å². The van der Waals surface area contributed by atoms with Gasteiger partial charge in [-0.3, -0.25) is 0 Å². The van der Waals surface area contributed by atoms with Crippen molar-refractivity contribution in [3.63, 3.8) is 0 Å². The van der Waals surface area contributed by atoms with Crippen molar-refractivity contribution >= 4 is 31.5 Å². The maximum absolute atomic E-state index is 2.38. The standard InChI is InChI=1S/3C4H9.2Al/c3*1-4(2)3;;/h3*4H,1H2,2-3H3;;/q;;;;+3. The van der Waals surface area contributed by atoms with E-state index in [0.717, 1.165) is 17.8 Å². The predicted molar refractivity (Wildman–Crippen MR) is 70.4 cm³/mol. The normalized spacial score (nSPS) is 10.9. The van der Waals surface area contributed by atoms with Crippen LogP contribution in [0.3, 0.4) is 0 Å². The van der Waals surface area contributed by atoms with Crippen molar-refractivity contribution in [1.29, 1.82) is 0 Å². The van der Waals surface area contributed by atoms with Gasteiger partial charge in [-0.15, -0.1) is 0 Å². The van der Waals surface area contributed by atoms with Gasteiger partial charge in [0.1, 0.15) is 0 Å². The fourth-order valence-electron chi connectivity index (χ4n) is 2.29. The third kappa shape index (κ3) is 11.1. The average molecular weight is 225 g/mol. The molecule has 78 valence electrons. The van der Waals surface area contributed by atoms with E-state index in [0.29, 0.717) is 0 Å². The summed E-state index contributed by atoms with van der Waals surface area (Å²) in [5.74, 6) is 2.78. The molecular formula is C12H27Al2+3. The summed E-state index contributed by atoms with van der Waals surface area (Å²) in [4.78, 5) is 0. The van der Waals surface area contributed by atoms with Crippen molar-refractivity contribution in [1.82, 2.24) is 0 Å². The molecule has 0 rings (SSSR count). The molecule has 0 aromatic heterocycles. The van der Waals surface area contributed by atoms with Gasteiger partial charge in [0.2, 0.25) is 0 Å². The summed E-state index contributed by atoms with van der Waals surface area (Å²) in [5, 5.41) is 4.66. The maximum atomic E-state index is 2.38. The van der Waals surface area contributed by atoms with Crippen LogP contribution in [0, 0.1) is 17.8 Å². The van der Waals surface area contributed by atoms with Crippen LogP contribution in [0.5, 0.6) is 0 Å². The Bertz CT molecular complexity index is 95.7. The quantitative estimate of drug-likeness (QED) is 0.598. The van der Waals surface area contributed by atoms with E-state index in [2.05, 4.69) is 41.5 Å². The summed E-state index contributed by atoms with van der Waals surface area (Å²) < 4.78 is 0. The molecule has 0 aliphatic heterocycles. The predicted octanol–water partition coefficient (Wildman–Crippen LogP) is 4.07. The van der Waals surface area contributed by atoms with Crippen molar-refractivity contribution in [2.75, 3.05) is 0 Å². The second-order valence-electron chi connectivity index (χ2n) is 5.75. The molecule has 0 bridgehead atoms. The largest absolute Gasteiger partial charge is 3.00 e. The van der Waals surface area contributed by atoms with Crippen molar-refractivity contribution in [2.24, 2.45) is 17.8 Å². The summed E-state index contributed by atoms with van der Waals surface area (Å²) in [7, 11) is 0. The molecule has 0 aromatic rings. The molecule has 0 spiro atoms. The fraction of sp³-hybridized carbons (Fsp3) is 1.00. The maximum Gasteiger partial charge on any atom is 3.00 e. The minimum Gasteiger partial charge on any atom is -0.0915 e. The molecule has 0 heterocycles. The monoisotopic (exact) mass is 225 g/mol. The molecule has 2 heteroatoms.